The number of piperidine rings is 1. The van der Waals surface area contributed by atoms with Gasteiger partial charge in [0.2, 0.25) is 17.6 Å². The Balaban J connectivity index is 1.10. The van der Waals surface area contributed by atoms with E-state index in [1.807, 2.05) is 34.6 Å². The summed E-state index contributed by atoms with van der Waals surface area (Å²) in [6.45, 7) is 3.53. The quantitative estimate of drug-likeness (QED) is 0.431. The molecule has 0 saturated carbocycles. The summed E-state index contributed by atoms with van der Waals surface area (Å²) in [5.41, 5.74) is 2.30. The Morgan fingerprint density at radius 1 is 1.18 bits per heavy atom. The Labute approximate surface area is 196 Å². The molecule has 1 atom stereocenters. The summed E-state index contributed by atoms with van der Waals surface area (Å²) < 4.78 is 7.46. The number of benzene rings is 1. The van der Waals surface area contributed by atoms with Crippen molar-refractivity contribution in [2.75, 3.05) is 13.1 Å². The Bertz CT molecular complexity index is 1150. The van der Waals surface area contributed by atoms with Gasteiger partial charge >= 0.3 is 0 Å². The van der Waals surface area contributed by atoms with Crippen molar-refractivity contribution in [3.05, 3.63) is 77.5 Å². The minimum atomic E-state index is -0.0287. The van der Waals surface area contributed by atoms with Crippen LogP contribution in [0.1, 0.15) is 29.9 Å². The molecule has 0 spiro atoms. The molecule has 8 nitrogen and oxygen atoms in total. The summed E-state index contributed by atoms with van der Waals surface area (Å²) in [5, 5.41) is 9.19. The van der Waals surface area contributed by atoms with Crippen molar-refractivity contribution in [3.8, 4) is 10.7 Å². The minimum absolute atomic E-state index is 0.0287. The number of hydrogen-bond donors (Lipinski definition) is 1. The fourth-order valence-electron chi connectivity index (χ4n) is 4.12. The molecule has 0 aliphatic carbocycles. The highest BCUT2D eigenvalue weighted by molar-refractivity contribution is 7.13. The number of nitrogens with zero attached hydrogens (tertiary/aromatic N) is 5. The lowest BCUT2D eigenvalue weighted by molar-refractivity contribution is -0.127. The van der Waals surface area contributed by atoms with Crippen molar-refractivity contribution in [1.29, 1.82) is 0 Å². The lowest BCUT2D eigenvalue weighted by Gasteiger charge is -2.30. The number of likely N-dealkylation sites (tertiary alicyclic amines) is 1. The van der Waals surface area contributed by atoms with Gasteiger partial charge in [-0.3, -0.25) is 9.69 Å². The van der Waals surface area contributed by atoms with Crippen molar-refractivity contribution in [2.45, 2.75) is 32.5 Å². The number of rotatable bonds is 8. The molecule has 33 heavy (non-hydrogen) atoms. The summed E-state index contributed by atoms with van der Waals surface area (Å²) in [6.07, 6.45) is 7.41. The van der Waals surface area contributed by atoms with Crippen LogP contribution >= 0.6 is 11.3 Å². The topological polar surface area (TPSA) is 89.1 Å². The first kappa shape index (κ1) is 21.5. The van der Waals surface area contributed by atoms with Gasteiger partial charge in [-0.1, -0.05) is 35.5 Å². The molecule has 9 heteroatoms. The van der Waals surface area contributed by atoms with Crippen LogP contribution in [0.15, 0.2) is 65.0 Å². The van der Waals surface area contributed by atoms with Crippen molar-refractivity contribution in [2.24, 2.45) is 5.92 Å². The van der Waals surface area contributed by atoms with Gasteiger partial charge in [-0.25, -0.2) is 4.98 Å². The van der Waals surface area contributed by atoms with Crippen LogP contribution in [-0.4, -0.2) is 43.6 Å². The molecular formula is C24H26N6O2S. The molecule has 1 N–H and O–H groups in total. The van der Waals surface area contributed by atoms with Gasteiger partial charge in [0.15, 0.2) is 0 Å². The number of aromatic nitrogens is 4. The van der Waals surface area contributed by atoms with E-state index >= 15 is 0 Å². The van der Waals surface area contributed by atoms with E-state index in [1.165, 1.54) is 5.56 Å². The van der Waals surface area contributed by atoms with Crippen LogP contribution in [-0.2, 0) is 24.4 Å². The van der Waals surface area contributed by atoms with Gasteiger partial charge in [0, 0.05) is 32.0 Å². The third-order valence-electron chi connectivity index (χ3n) is 5.86. The monoisotopic (exact) mass is 462 g/mol. The highest BCUT2D eigenvalue weighted by Gasteiger charge is 2.26. The maximum Gasteiger partial charge on any atom is 0.241 e. The Morgan fingerprint density at radius 2 is 2.06 bits per heavy atom. The van der Waals surface area contributed by atoms with E-state index in [4.69, 9.17) is 4.52 Å². The SMILES string of the molecule is O=C(NCc1ccc(Cn2ccnc2)cc1)C1CCCN(Cc2nc(-c3cccs3)no2)C1. The van der Waals surface area contributed by atoms with Gasteiger partial charge in [-0.05, 0) is 42.0 Å². The normalized spacial score (nSPS) is 16.7. The molecule has 3 aromatic heterocycles. The van der Waals surface area contributed by atoms with E-state index < -0.39 is 0 Å². The van der Waals surface area contributed by atoms with Crippen LogP contribution in [0.2, 0.25) is 0 Å². The number of nitrogens with one attached hydrogen (secondary N) is 1. The fourth-order valence-corrected chi connectivity index (χ4v) is 4.77. The Kier molecular flexibility index (Phi) is 6.59. The molecule has 1 aliphatic rings. The fraction of sp³-hybridized carbons (Fsp3) is 0.333. The summed E-state index contributed by atoms with van der Waals surface area (Å²) in [4.78, 5) is 24.6. The minimum Gasteiger partial charge on any atom is -0.352 e. The number of hydrogen-bond acceptors (Lipinski definition) is 7. The van der Waals surface area contributed by atoms with E-state index in [9.17, 15) is 4.79 Å². The summed E-state index contributed by atoms with van der Waals surface area (Å²) >= 11 is 1.59. The molecular weight excluding hydrogens is 436 g/mol. The zero-order valence-electron chi connectivity index (χ0n) is 18.3. The standard InChI is InChI=1S/C24H26N6O2S/c31-24(26-13-18-5-7-19(8-6-18)14-30-11-9-25-17-30)20-3-1-10-29(15-20)16-22-27-23(28-32-22)21-4-2-12-33-21/h2,4-9,11-12,17,20H,1,3,10,13-16H2,(H,26,31). The summed E-state index contributed by atoms with van der Waals surface area (Å²) in [5.74, 6) is 1.29. The molecule has 0 radical (unpaired) electrons. The maximum atomic E-state index is 12.8. The third kappa shape index (κ3) is 5.55. The first-order valence-corrected chi connectivity index (χ1v) is 12.0. The average molecular weight is 463 g/mol. The molecule has 170 valence electrons. The number of carbonyl (C=O) groups is 1. The van der Waals surface area contributed by atoms with E-state index in [-0.39, 0.29) is 11.8 Å². The molecule has 1 fully saturated rings. The molecule has 1 amide bonds. The predicted molar refractivity (Wildman–Crippen MR) is 125 cm³/mol. The van der Waals surface area contributed by atoms with Gasteiger partial charge in [-0.15, -0.1) is 11.3 Å². The second-order valence-corrected chi connectivity index (χ2v) is 9.28. The van der Waals surface area contributed by atoms with Crippen LogP contribution in [0, 0.1) is 5.92 Å². The molecule has 4 aromatic rings. The van der Waals surface area contributed by atoms with Gasteiger partial charge in [-0.2, -0.15) is 4.98 Å². The molecule has 1 unspecified atom stereocenters. The number of imidazole rings is 1. The smallest absolute Gasteiger partial charge is 0.241 e. The van der Waals surface area contributed by atoms with Crippen molar-refractivity contribution < 1.29 is 9.32 Å². The van der Waals surface area contributed by atoms with E-state index in [1.54, 1.807) is 17.5 Å². The van der Waals surface area contributed by atoms with Gasteiger partial charge in [0.05, 0.1) is 23.7 Å². The summed E-state index contributed by atoms with van der Waals surface area (Å²) in [6, 6.07) is 12.3. The lowest BCUT2D eigenvalue weighted by atomic mass is 9.97. The van der Waals surface area contributed by atoms with Crippen molar-refractivity contribution in [1.82, 2.24) is 29.9 Å². The first-order valence-electron chi connectivity index (χ1n) is 11.1. The Hall–Kier alpha value is -3.30. The third-order valence-corrected chi connectivity index (χ3v) is 6.72. The lowest BCUT2D eigenvalue weighted by Crippen LogP contribution is -2.42. The van der Waals surface area contributed by atoms with Crippen LogP contribution in [0.3, 0.4) is 0 Å². The van der Waals surface area contributed by atoms with E-state index in [2.05, 4.69) is 49.6 Å². The predicted octanol–water partition coefficient (Wildman–Crippen LogP) is 3.57. The summed E-state index contributed by atoms with van der Waals surface area (Å²) in [7, 11) is 0. The van der Waals surface area contributed by atoms with Crippen molar-refractivity contribution in [3.63, 3.8) is 0 Å². The largest absolute Gasteiger partial charge is 0.352 e. The Morgan fingerprint density at radius 3 is 2.85 bits per heavy atom. The van der Waals surface area contributed by atoms with Crippen LogP contribution in [0.4, 0.5) is 0 Å². The number of amides is 1. The molecule has 4 heterocycles. The zero-order chi connectivity index (χ0) is 22.5. The zero-order valence-corrected chi connectivity index (χ0v) is 19.1. The van der Waals surface area contributed by atoms with Gasteiger partial charge in [0.25, 0.3) is 0 Å². The average Bonchev–Trinajstić information content (AvgIpc) is 3.62. The number of carbonyl (C=O) groups excluding carboxylic acids is 1. The second kappa shape index (κ2) is 10.1. The highest BCUT2D eigenvalue weighted by atomic mass is 32.1. The molecule has 1 aromatic carbocycles. The van der Waals surface area contributed by atoms with Gasteiger partial charge < -0.3 is 14.4 Å². The second-order valence-electron chi connectivity index (χ2n) is 8.33. The van der Waals surface area contributed by atoms with E-state index in [0.29, 0.717) is 31.3 Å². The molecule has 5 rings (SSSR count). The maximum absolute atomic E-state index is 12.8. The van der Waals surface area contributed by atoms with Crippen LogP contribution in [0.25, 0.3) is 10.7 Å². The van der Waals surface area contributed by atoms with Crippen molar-refractivity contribution >= 4 is 17.2 Å². The van der Waals surface area contributed by atoms with Gasteiger partial charge in [0.1, 0.15) is 0 Å². The molecule has 0 bridgehead atoms. The van der Waals surface area contributed by atoms with Crippen LogP contribution < -0.4 is 5.32 Å². The first-order chi connectivity index (χ1) is 16.2. The van der Waals surface area contributed by atoms with Crippen LogP contribution in [0.5, 0.6) is 0 Å². The number of thiophene rings is 1. The molecule has 1 aliphatic heterocycles. The molecule has 1 saturated heterocycles. The highest BCUT2D eigenvalue weighted by Crippen LogP contribution is 2.23. The van der Waals surface area contributed by atoms with E-state index in [0.717, 1.165) is 36.4 Å².